The Balaban J connectivity index is 1.68. The van der Waals surface area contributed by atoms with E-state index in [2.05, 4.69) is 21.0 Å². The third kappa shape index (κ3) is 3.76. The highest BCUT2D eigenvalue weighted by Gasteiger charge is 2.39. The van der Waals surface area contributed by atoms with Gasteiger partial charge in [-0.2, -0.15) is 0 Å². The van der Waals surface area contributed by atoms with Gasteiger partial charge in [0.15, 0.2) is 6.17 Å². The zero-order valence-electron chi connectivity index (χ0n) is 16.0. The van der Waals surface area contributed by atoms with E-state index in [1.807, 2.05) is 6.07 Å². The topological polar surface area (TPSA) is 98.6 Å². The van der Waals surface area contributed by atoms with Crippen LogP contribution in [0.5, 0.6) is 0 Å². The normalized spacial score (nSPS) is 25.0. The van der Waals surface area contributed by atoms with Crippen LogP contribution in [-0.4, -0.2) is 51.0 Å². The van der Waals surface area contributed by atoms with Gasteiger partial charge in [-0.05, 0) is 18.2 Å². The number of nitrogens with one attached hydrogen (secondary N) is 1. The Morgan fingerprint density at radius 1 is 1.27 bits per heavy atom. The first-order valence-electron chi connectivity index (χ1n) is 9.61. The summed E-state index contributed by atoms with van der Waals surface area (Å²) in [7, 11) is 0. The highest BCUT2D eigenvalue weighted by Crippen LogP contribution is 2.33. The number of anilines is 2. The quantitative estimate of drug-likeness (QED) is 0.529. The lowest BCUT2D eigenvalue weighted by Gasteiger charge is -2.37. The Morgan fingerprint density at radius 3 is 2.83 bits per heavy atom. The molecule has 0 spiro atoms. The van der Waals surface area contributed by atoms with Crippen LogP contribution in [0.3, 0.4) is 0 Å². The third-order valence-electron chi connectivity index (χ3n) is 5.25. The van der Waals surface area contributed by atoms with Crippen LogP contribution in [0.15, 0.2) is 66.8 Å². The summed E-state index contributed by atoms with van der Waals surface area (Å²) in [6.45, 7) is -0.338. The molecule has 4 atom stereocenters. The molecule has 1 aromatic heterocycles. The van der Waals surface area contributed by atoms with Gasteiger partial charge in [-0.3, -0.25) is 4.79 Å². The number of aromatic nitrogens is 2. The molecule has 7 nitrogen and oxygen atoms in total. The number of carbonyl (C=O) groups is 1. The standard InChI is InChI=1S/C22H21FN4O3/c23-18-17(10-9-15(12-28)19(18)29)27-11-5-4-8-16-20(24-13-25-21(16)27)26-22(30)14-6-2-1-3-7-14/h1-4,6-7,9-11,13,15,17-19,28-29H,8,12H2,(H,24,25,26,30)/t15-,17-,18+,19-/m1/s1. The maximum absolute atomic E-state index is 15.0. The molecule has 2 aliphatic rings. The number of benzene rings is 1. The van der Waals surface area contributed by atoms with Crippen LogP contribution in [0.2, 0.25) is 0 Å². The molecule has 8 heteroatoms. The number of allylic oxidation sites excluding steroid dienone is 1. The van der Waals surface area contributed by atoms with Gasteiger partial charge in [0.2, 0.25) is 0 Å². The number of fused-ring (bicyclic) bond motifs is 1. The summed E-state index contributed by atoms with van der Waals surface area (Å²) in [6.07, 6.45) is 5.23. The monoisotopic (exact) mass is 408 g/mol. The summed E-state index contributed by atoms with van der Waals surface area (Å²) < 4.78 is 15.0. The van der Waals surface area contributed by atoms with Crippen LogP contribution >= 0.6 is 0 Å². The Bertz CT molecular complexity index is 1020. The Kier molecular flexibility index (Phi) is 5.72. The molecule has 30 heavy (non-hydrogen) atoms. The second-order valence-electron chi connectivity index (χ2n) is 7.11. The number of halogens is 1. The molecular formula is C22H21FN4O3. The van der Waals surface area contributed by atoms with E-state index < -0.39 is 24.2 Å². The molecule has 1 aromatic carbocycles. The van der Waals surface area contributed by atoms with Gasteiger partial charge in [0.05, 0.1) is 18.8 Å². The predicted molar refractivity (Wildman–Crippen MR) is 110 cm³/mol. The number of carbonyl (C=O) groups excluding carboxylic acids is 1. The molecular weight excluding hydrogens is 387 g/mol. The number of nitrogens with zero attached hydrogens (tertiary/aromatic N) is 3. The van der Waals surface area contributed by atoms with Gasteiger partial charge in [0.25, 0.3) is 5.91 Å². The Labute approximate surface area is 172 Å². The van der Waals surface area contributed by atoms with Crippen LogP contribution in [0.1, 0.15) is 15.9 Å². The van der Waals surface area contributed by atoms with Gasteiger partial charge in [-0.1, -0.05) is 30.4 Å². The Hall–Kier alpha value is -3.32. The van der Waals surface area contributed by atoms with Gasteiger partial charge in [-0.15, -0.1) is 5.73 Å². The van der Waals surface area contributed by atoms with E-state index in [9.17, 15) is 19.4 Å². The fourth-order valence-electron chi connectivity index (χ4n) is 3.60. The van der Waals surface area contributed by atoms with Crippen molar-refractivity contribution in [3.63, 3.8) is 0 Å². The molecule has 3 N–H and O–H groups in total. The molecule has 0 saturated carbocycles. The SMILES string of the molecule is O=C(Nc1ncnc2c1CC=C=CN2[C@@H]1C=C[C@H](CO)[C@@H](O)[C@H]1F)c1ccccc1. The molecule has 0 bridgehead atoms. The van der Waals surface area contributed by atoms with Crippen LogP contribution in [0, 0.1) is 5.92 Å². The maximum Gasteiger partial charge on any atom is 0.256 e. The molecule has 2 heterocycles. The maximum atomic E-state index is 15.0. The second kappa shape index (κ2) is 8.59. The van der Waals surface area contributed by atoms with E-state index in [-0.39, 0.29) is 12.5 Å². The third-order valence-corrected chi connectivity index (χ3v) is 5.25. The lowest BCUT2D eigenvalue weighted by Crippen LogP contribution is -2.49. The van der Waals surface area contributed by atoms with Crippen molar-refractivity contribution >= 4 is 17.5 Å². The van der Waals surface area contributed by atoms with Crippen molar-refractivity contribution in [2.24, 2.45) is 5.92 Å². The minimum atomic E-state index is -1.64. The van der Waals surface area contributed by atoms with Crippen molar-refractivity contribution in [2.45, 2.75) is 24.7 Å². The van der Waals surface area contributed by atoms with Gasteiger partial charge in [-0.25, -0.2) is 14.4 Å². The van der Waals surface area contributed by atoms with Gasteiger partial charge >= 0.3 is 0 Å². The molecule has 0 saturated heterocycles. The first-order chi connectivity index (χ1) is 14.6. The molecule has 1 amide bonds. The number of amides is 1. The van der Waals surface area contributed by atoms with Crippen molar-refractivity contribution in [1.29, 1.82) is 0 Å². The number of rotatable bonds is 4. The number of aliphatic hydroxyl groups excluding tert-OH is 2. The predicted octanol–water partition coefficient (Wildman–Crippen LogP) is 2.01. The molecule has 1 aliphatic heterocycles. The molecule has 4 rings (SSSR count). The van der Waals surface area contributed by atoms with Crippen LogP contribution in [-0.2, 0) is 6.42 Å². The first kappa shape index (κ1) is 20.0. The smallest absolute Gasteiger partial charge is 0.256 e. The van der Waals surface area contributed by atoms with Gasteiger partial charge < -0.3 is 20.4 Å². The van der Waals surface area contributed by atoms with Crippen molar-refractivity contribution in [1.82, 2.24) is 9.97 Å². The lowest BCUT2D eigenvalue weighted by molar-refractivity contribution is 0.0128. The molecule has 154 valence electrons. The summed E-state index contributed by atoms with van der Waals surface area (Å²) in [6, 6.07) is 7.91. The molecule has 1 aliphatic carbocycles. The first-order valence-corrected chi connectivity index (χ1v) is 9.61. The summed E-state index contributed by atoms with van der Waals surface area (Å²) in [5.41, 5.74) is 4.08. The largest absolute Gasteiger partial charge is 0.396 e. The van der Waals surface area contributed by atoms with E-state index in [1.165, 1.54) is 6.33 Å². The fraction of sp³-hybridized carbons (Fsp3) is 0.273. The number of hydrogen-bond donors (Lipinski definition) is 3. The Morgan fingerprint density at radius 2 is 2.07 bits per heavy atom. The van der Waals surface area contributed by atoms with Crippen LogP contribution < -0.4 is 10.2 Å². The number of hydrogen-bond acceptors (Lipinski definition) is 6. The molecule has 0 radical (unpaired) electrons. The highest BCUT2D eigenvalue weighted by molar-refractivity contribution is 6.04. The van der Waals surface area contributed by atoms with Crippen LogP contribution in [0.4, 0.5) is 16.0 Å². The number of alkyl halides is 1. The zero-order chi connectivity index (χ0) is 21.1. The minimum Gasteiger partial charge on any atom is -0.396 e. The zero-order valence-corrected chi connectivity index (χ0v) is 16.0. The van der Waals surface area contributed by atoms with Crippen molar-refractivity contribution in [2.75, 3.05) is 16.8 Å². The summed E-state index contributed by atoms with van der Waals surface area (Å²) >= 11 is 0. The van der Waals surface area contributed by atoms with E-state index in [0.29, 0.717) is 29.2 Å². The average Bonchev–Trinajstić information content (AvgIpc) is 2.99. The lowest BCUT2D eigenvalue weighted by atomic mass is 9.88. The minimum absolute atomic E-state index is 0.314. The average molecular weight is 408 g/mol. The van der Waals surface area contributed by atoms with Gasteiger partial charge in [0, 0.05) is 29.7 Å². The summed E-state index contributed by atoms with van der Waals surface area (Å²) in [5.74, 6) is -0.225. The second-order valence-corrected chi connectivity index (χ2v) is 7.11. The van der Waals surface area contributed by atoms with Crippen molar-refractivity contribution < 1.29 is 19.4 Å². The fourth-order valence-corrected chi connectivity index (χ4v) is 3.60. The van der Waals surface area contributed by atoms with E-state index >= 15 is 0 Å². The van der Waals surface area contributed by atoms with Crippen molar-refractivity contribution in [3.8, 4) is 0 Å². The molecule has 0 unspecified atom stereocenters. The van der Waals surface area contributed by atoms with E-state index in [4.69, 9.17) is 0 Å². The number of aliphatic hydroxyl groups is 2. The summed E-state index contributed by atoms with van der Waals surface area (Å²) in [4.78, 5) is 22.7. The van der Waals surface area contributed by atoms with E-state index in [0.717, 1.165) is 0 Å². The molecule has 2 aromatic rings. The van der Waals surface area contributed by atoms with Crippen molar-refractivity contribution in [3.05, 3.63) is 77.9 Å². The van der Waals surface area contributed by atoms with Crippen LogP contribution in [0.25, 0.3) is 0 Å². The molecule has 0 fully saturated rings. The van der Waals surface area contributed by atoms with E-state index in [1.54, 1.807) is 53.6 Å². The summed E-state index contributed by atoms with van der Waals surface area (Å²) in [5, 5.41) is 22.3. The van der Waals surface area contributed by atoms with Gasteiger partial charge in [0.1, 0.15) is 18.0 Å². The highest BCUT2D eigenvalue weighted by atomic mass is 19.1.